The van der Waals surface area contributed by atoms with E-state index in [0.29, 0.717) is 26.2 Å². The van der Waals surface area contributed by atoms with Crippen molar-refractivity contribution >= 4 is 17.6 Å². The maximum atomic E-state index is 13.3. The lowest BCUT2D eigenvalue weighted by molar-refractivity contribution is -0.127. The lowest BCUT2D eigenvalue weighted by Gasteiger charge is -2.38. The normalized spacial score (nSPS) is 21.5. The molecule has 0 radical (unpaired) electrons. The van der Waals surface area contributed by atoms with E-state index in [1.165, 1.54) is 5.56 Å². The first-order chi connectivity index (χ1) is 16.7. The summed E-state index contributed by atoms with van der Waals surface area (Å²) in [4.78, 5) is 32.5. The van der Waals surface area contributed by atoms with Crippen molar-refractivity contribution in [1.29, 1.82) is 0 Å². The maximum absolute atomic E-state index is 13.3. The lowest BCUT2D eigenvalue weighted by atomic mass is 9.95. The first-order valence-corrected chi connectivity index (χ1v) is 12.5. The zero-order valence-electron chi connectivity index (χ0n) is 19.7. The molecule has 3 aliphatic rings. The van der Waals surface area contributed by atoms with Crippen LogP contribution < -0.4 is 15.0 Å². The van der Waals surface area contributed by atoms with Crippen molar-refractivity contribution in [1.82, 2.24) is 15.1 Å². The van der Waals surface area contributed by atoms with Gasteiger partial charge in [0.1, 0.15) is 12.4 Å². The fraction of sp³-hybridized carbons (Fsp3) is 0.481. The summed E-state index contributed by atoms with van der Waals surface area (Å²) in [7, 11) is 0. The van der Waals surface area contributed by atoms with Crippen molar-refractivity contribution in [2.45, 2.75) is 38.3 Å². The molecule has 2 saturated heterocycles. The van der Waals surface area contributed by atoms with Gasteiger partial charge in [-0.2, -0.15) is 0 Å². The van der Waals surface area contributed by atoms with Gasteiger partial charge in [0.15, 0.2) is 0 Å². The molecule has 0 unspecified atom stereocenters. The Bertz CT molecular complexity index is 990. The minimum absolute atomic E-state index is 0.0255. The van der Waals surface area contributed by atoms with E-state index >= 15 is 0 Å². The molecule has 180 valence electrons. The first kappa shape index (κ1) is 22.7. The van der Waals surface area contributed by atoms with Gasteiger partial charge in [0.05, 0.1) is 18.2 Å². The van der Waals surface area contributed by atoms with Crippen LogP contribution in [0.3, 0.4) is 0 Å². The molecule has 1 atom stereocenters. The number of likely N-dealkylation sites (tertiary alicyclic amines) is 2. The van der Waals surface area contributed by atoms with E-state index in [1.54, 1.807) is 4.90 Å². The van der Waals surface area contributed by atoms with E-state index in [9.17, 15) is 9.59 Å². The van der Waals surface area contributed by atoms with E-state index in [2.05, 4.69) is 34.5 Å². The lowest BCUT2D eigenvalue weighted by Crippen LogP contribution is -2.53. The maximum Gasteiger partial charge on any atom is 0.324 e. The fourth-order valence-electron chi connectivity index (χ4n) is 5.30. The van der Waals surface area contributed by atoms with E-state index in [0.717, 1.165) is 56.8 Å². The Kier molecular flexibility index (Phi) is 7.00. The van der Waals surface area contributed by atoms with Crippen molar-refractivity contribution in [2.75, 3.05) is 44.2 Å². The number of urea groups is 1. The number of carbonyl (C=O) groups is 2. The highest BCUT2D eigenvalue weighted by Crippen LogP contribution is 2.32. The summed E-state index contributed by atoms with van der Waals surface area (Å²) in [5.74, 6) is 0.699. The van der Waals surface area contributed by atoms with Gasteiger partial charge in [-0.05, 0) is 43.4 Å². The van der Waals surface area contributed by atoms with Crippen LogP contribution in [-0.4, -0.2) is 67.1 Å². The Morgan fingerprint density at radius 3 is 2.50 bits per heavy atom. The van der Waals surface area contributed by atoms with Gasteiger partial charge in [-0.1, -0.05) is 42.5 Å². The average molecular weight is 463 g/mol. The van der Waals surface area contributed by atoms with Crippen LogP contribution in [0.2, 0.25) is 0 Å². The number of nitrogens with zero attached hydrogens (tertiary/aromatic N) is 3. The number of amides is 3. The van der Waals surface area contributed by atoms with Gasteiger partial charge in [0.2, 0.25) is 5.91 Å². The summed E-state index contributed by atoms with van der Waals surface area (Å²) in [5.41, 5.74) is 2.15. The Hall–Kier alpha value is -3.06. The highest BCUT2D eigenvalue weighted by atomic mass is 16.5. The highest BCUT2D eigenvalue weighted by Gasteiger charge is 2.34. The second kappa shape index (κ2) is 10.5. The molecule has 2 aromatic carbocycles. The summed E-state index contributed by atoms with van der Waals surface area (Å²) in [6.45, 7) is 5.15. The third-order valence-electron chi connectivity index (χ3n) is 7.21. The number of fused-ring (bicyclic) bond motifs is 1. The molecule has 0 bridgehead atoms. The molecule has 3 heterocycles. The molecule has 2 aromatic rings. The Balaban J connectivity index is 1.12. The number of hydrogen-bond acceptors (Lipinski definition) is 4. The first-order valence-electron chi connectivity index (χ1n) is 12.5. The van der Waals surface area contributed by atoms with E-state index < -0.39 is 0 Å². The number of para-hydroxylation sites is 2. The van der Waals surface area contributed by atoms with Crippen LogP contribution in [0.15, 0.2) is 54.6 Å². The molecule has 7 nitrogen and oxygen atoms in total. The van der Waals surface area contributed by atoms with Crippen LogP contribution in [0.4, 0.5) is 10.5 Å². The number of nitrogens with one attached hydrogen (secondary N) is 1. The van der Waals surface area contributed by atoms with Gasteiger partial charge in [-0.3, -0.25) is 14.6 Å². The smallest absolute Gasteiger partial charge is 0.324 e. The topological polar surface area (TPSA) is 65.1 Å². The Labute approximate surface area is 201 Å². The summed E-state index contributed by atoms with van der Waals surface area (Å²) in [5, 5.41) is 3.29. The summed E-state index contributed by atoms with van der Waals surface area (Å²) in [6, 6.07) is 18.4. The second-order valence-corrected chi connectivity index (χ2v) is 9.58. The Morgan fingerprint density at radius 1 is 0.912 bits per heavy atom. The number of ether oxygens (including phenoxy) is 1. The van der Waals surface area contributed by atoms with Crippen molar-refractivity contribution in [2.24, 2.45) is 5.92 Å². The van der Waals surface area contributed by atoms with Crippen LogP contribution in [0, 0.1) is 5.92 Å². The van der Waals surface area contributed by atoms with Crippen LogP contribution in [0.1, 0.15) is 31.2 Å². The number of benzene rings is 2. The monoisotopic (exact) mass is 462 g/mol. The standard InChI is InChI=1S/C27H34N4O3/c32-26(28-23-12-15-29(16-13-23)19-21-7-2-1-3-8-21)22-9-6-14-30(20-22)27(33)31-17-18-34-25-11-5-4-10-24(25)31/h1-5,7-8,10-11,22-23H,6,9,12-20H2,(H,28,32)/t22-/m0/s1. The van der Waals surface area contributed by atoms with Crippen LogP contribution in [-0.2, 0) is 11.3 Å². The Morgan fingerprint density at radius 2 is 1.68 bits per heavy atom. The molecule has 5 rings (SSSR count). The molecule has 0 saturated carbocycles. The number of carbonyl (C=O) groups excluding carboxylic acids is 2. The van der Waals surface area contributed by atoms with Crippen LogP contribution in [0.5, 0.6) is 5.75 Å². The number of hydrogen-bond donors (Lipinski definition) is 1. The van der Waals surface area contributed by atoms with Crippen molar-refractivity contribution < 1.29 is 14.3 Å². The molecule has 0 spiro atoms. The van der Waals surface area contributed by atoms with Crippen molar-refractivity contribution in [3.63, 3.8) is 0 Å². The molecular formula is C27H34N4O3. The predicted molar refractivity (Wildman–Crippen MR) is 132 cm³/mol. The molecule has 1 N–H and O–H groups in total. The SMILES string of the molecule is O=C(NC1CCN(Cc2ccccc2)CC1)[C@H]1CCCN(C(=O)N2CCOc3ccccc32)C1. The third kappa shape index (κ3) is 5.20. The molecule has 7 heteroatoms. The van der Waals surface area contributed by atoms with E-state index in [-0.39, 0.29) is 23.9 Å². The minimum atomic E-state index is -0.142. The van der Waals surface area contributed by atoms with E-state index in [1.807, 2.05) is 35.2 Å². The molecule has 3 aliphatic heterocycles. The molecule has 0 aromatic heterocycles. The molecule has 2 fully saturated rings. The highest BCUT2D eigenvalue weighted by molar-refractivity contribution is 5.94. The zero-order chi connectivity index (χ0) is 23.3. The largest absolute Gasteiger partial charge is 0.490 e. The summed E-state index contributed by atoms with van der Waals surface area (Å²) < 4.78 is 5.70. The van der Waals surface area contributed by atoms with Gasteiger partial charge >= 0.3 is 6.03 Å². The van der Waals surface area contributed by atoms with Gasteiger partial charge in [-0.15, -0.1) is 0 Å². The van der Waals surface area contributed by atoms with E-state index in [4.69, 9.17) is 4.74 Å². The van der Waals surface area contributed by atoms with Crippen molar-refractivity contribution in [3.05, 3.63) is 60.2 Å². The summed E-state index contributed by atoms with van der Waals surface area (Å²) >= 11 is 0. The minimum Gasteiger partial charge on any atom is -0.490 e. The van der Waals surface area contributed by atoms with Crippen LogP contribution >= 0.6 is 0 Å². The number of anilines is 1. The van der Waals surface area contributed by atoms with Gasteiger partial charge in [0, 0.05) is 38.8 Å². The van der Waals surface area contributed by atoms with Gasteiger partial charge in [0.25, 0.3) is 0 Å². The van der Waals surface area contributed by atoms with Gasteiger partial charge < -0.3 is 15.0 Å². The molecular weight excluding hydrogens is 428 g/mol. The van der Waals surface area contributed by atoms with Gasteiger partial charge in [-0.25, -0.2) is 4.79 Å². The number of piperidine rings is 2. The van der Waals surface area contributed by atoms with Crippen LogP contribution in [0.25, 0.3) is 0 Å². The molecule has 0 aliphatic carbocycles. The quantitative estimate of drug-likeness (QED) is 0.756. The molecule has 34 heavy (non-hydrogen) atoms. The van der Waals surface area contributed by atoms with Crippen molar-refractivity contribution in [3.8, 4) is 5.75 Å². The molecule has 3 amide bonds. The average Bonchev–Trinajstić information content (AvgIpc) is 2.90. The number of rotatable bonds is 4. The summed E-state index contributed by atoms with van der Waals surface area (Å²) in [6.07, 6.45) is 3.63. The third-order valence-corrected chi connectivity index (χ3v) is 7.21. The zero-order valence-corrected chi connectivity index (χ0v) is 19.7. The fourth-order valence-corrected chi connectivity index (χ4v) is 5.30. The predicted octanol–water partition coefficient (Wildman–Crippen LogP) is 3.50. The second-order valence-electron chi connectivity index (χ2n) is 9.58.